The maximum atomic E-state index is 11.7. The zero-order chi connectivity index (χ0) is 13.0. The number of aryl methyl sites for hydroxylation is 1. The van der Waals surface area contributed by atoms with Gasteiger partial charge >= 0.3 is 6.03 Å². The van der Waals surface area contributed by atoms with Crippen LogP contribution < -0.4 is 10.6 Å². The van der Waals surface area contributed by atoms with Gasteiger partial charge < -0.3 is 15.7 Å². The molecule has 2 amide bonds. The van der Waals surface area contributed by atoms with Crippen LogP contribution in [0.15, 0.2) is 24.3 Å². The van der Waals surface area contributed by atoms with E-state index in [4.69, 9.17) is 0 Å². The molecule has 0 aromatic heterocycles. The number of carbonyl (C=O) groups excluding carboxylic acids is 1. The fraction of sp³-hybridized carbons (Fsp3) is 0.500. The van der Waals surface area contributed by atoms with Crippen molar-refractivity contribution in [1.82, 2.24) is 5.32 Å². The van der Waals surface area contributed by atoms with Crippen LogP contribution in [0.1, 0.15) is 31.7 Å². The maximum absolute atomic E-state index is 11.7. The highest BCUT2D eigenvalue weighted by atomic mass is 16.3. The molecule has 0 atom stereocenters. The molecular weight excluding hydrogens is 228 g/mol. The van der Waals surface area contributed by atoms with Crippen molar-refractivity contribution in [3.63, 3.8) is 0 Å². The number of rotatable bonds is 4. The highest BCUT2D eigenvalue weighted by molar-refractivity contribution is 5.89. The normalized spacial score (nSPS) is 16.8. The summed E-state index contributed by atoms with van der Waals surface area (Å²) in [5.41, 5.74) is 1.29. The molecule has 4 heteroatoms. The van der Waals surface area contributed by atoms with Crippen LogP contribution in [0.4, 0.5) is 10.5 Å². The Morgan fingerprint density at radius 3 is 2.83 bits per heavy atom. The van der Waals surface area contributed by atoms with Crippen LogP contribution in [0.2, 0.25) is 0 Å². The lowest BCUT2D eigenvalue weighted by Gasteiger charge is -2.36. The number of hydrogen-bond donors (Lipinski definition) is 3. The van der Waals surface area contributed by atoms with Crippen molar-refractivity contribution in [2.75, 3.05) is 11.9 Å². The van der Waals surface area contributed by atoms with Crippen molar-refractivity contribution in [3.8, 4) is 0 Å². The van der Waals surface area contributed by atoms with Crippen molar-refractivity contribution < 1.29 is 9.90 Å². The van der Waals surface area contributed by atoms with E-state index >= 15 is 0 Å². The van der Waals surface area contributed by atoms with Gasteiger partial charge in [0.2, 0.25) is 0 Å². The molecule has 3 N–H and O–H groups in total. The van der Waals surface area contributed by atoms with Gasteiger partial charge in [-0.2, -0.15) is 0 Å². The standard InChI is InChI=1S/C14H20N2O2/c1-2-11-5-3-6-12(9-11)16-13(17)15-10-14(18)7-4-8-14/h3,5-6,9,18H,2,4,7-8,10H2,1H3,(H2,15,16,17). The molecule has 0 aliphatic heterocycles. The van der Waals surface area contributed by atoms with Gasteiger partial charge in [-0.15, -0.1) is 0 Å². The van der Waals surface area contributed by atoms with E-state index in [2.05, 4.69) is 17.6 Å². The first-order valence-corrected chi connectivity index (χ1v) is 6.47. The van der Waals surface area contributed by atoms with Gasteiger partial charge in [0, 0.05) is 12.2 Å². The van der Waals surface area contributed by atoms with Gasteiger partial charge in [0.1, 0.15) is 0 Å². The summed E-state index contributed by atoms with van der Waals surface area (Å²) >= 11 is 0. The second kappa shape index (κ2) is 5.40. The summed E-state index contributed by atoms with van der Waals surface area (Å²) in [5, 5.41) is 15.4. The van der Waals surface area contributed by atoms with Crippen molar-refractivity contribution in [3.05, 3.63) is 29.8 Å². The minimum Gasteiger partial charge on any atom is -0.388 e. The van der Waals surface area contributed by atoms with Gasteiger partial charge in [-0.1, -0.05) is 19.1 Å². The van der Waals surface area contributed by atoms with E-state index in [0.717, 1.165) is 31.4 Å². The summed E-state index contributed by atoms with van der Waals surface area (Å²) in [7, 11) is 0. The van der Waals surface area contributed by atoms with Crippen LogP contribution in [0.3, 0.4) is 0 Å². The van der Waals surface area contributed by atoms with Crippen molar-refractivity contribution in [1.29, 1.82) is 0 Å². The predicted octanol–water partition coefficient (Wildman–Crippen LogP) is 2.29. The monoisotopic (exact) mass is 248 g/mol. The number of nitrogens with one attached hydrogen (secondary N) is 2. The fourth-order valence-electron chi connectivity index (χ4n) is 2.05. The third kappa shape index (κ3) is 3.23. The highest BCUT2D eigenvalue weighted by Gasteiger charge is 2.34. The SMILES string of the molecule is CCc1cccc(NC(=O)NCC2(O)CCC2)c1. The van der Waals surface area contributed by atoms with E-state index in [9.17, 15) is 9.90 Å². The molecule has 1 aliphatic rings. The van der Waals surface area contributed by atoms with Crippen molar-refractivity contribution >= 4 is 11.7 Å². The third-order valence-corrected chi connectivity index (χ3v) is 3.46. The molecule has 1 saturated carbocycles. The van der Waals surface area contributed by atoms with Crippen LogP contribution in [0.25, 0.3) is 0 Å². The zero-order valence-corrected chi connectivity index (χ0v) is 10.7. The van der Waals surface area contributed by atoms with E-state index in [1.54, 1.807) is 0 Å². The number of anilines is 1. The molecule has 2 rings (SSSR count). The first-order valence-electron chi connectivity index (χ1n) is 6.47. The van der Waals surface area contributed by atoms with Crippen LogP contribution in [0.5, 0.6) is 0 Å². The Morgan fingerprint density at radius 1 is 1.44 bits per heavy atom. The lowest BCUT2D eigenvalue weighted by molar-refractivity contribution is -0.0287. The average Bonchev–Trinajstić information content (AvgIpc) is 2.34. The Balaban J connectivity index is 1.82. The van der Waals surface area contributed by atoms with Crippen molar-refractivity contribution in [2.24, 2.45) is 0 Å². The average molecular weight is 248 g/mol. The van der Waals surface area contributed by atoms with Gasteiger partial charge in [-0.3, -0.25) is 0 Å². The van der Waals surface area contributed by atoms with Gasteiger partial charge in [0.25, 0.3) is 0 Å². The number of benzene rings is 1. The van der Waals surface area contributed by atoms with Crippen LogP contribution in [-0.2, 0) is 6.42 Å². The molecule has 98 valence electrons. The lowest BCUT2D eigenvalue weighted by Crippen LogP contribution is -2.48. The van der Waals surface area contributed by atoms with Gasteiger partial charge in [-0.05, 0) is 43.4 Å². The summed E-state index contributed by atoms with van der Waals surface area (Å²) < 4.78 is 0. The third-order valence-electron chi connectivity index (χ3n) is 3.46. The van der Waals surface area contributed by atoms with Gasteiger partial charge in [0.15, 0.2) is 0 Å². The van der Waals surface area contributed by atoms with Gasteiger partial charge in [0.05, 0.1) is 5.60 Å². The number of hydrogen-bond acceptors (Lipinski definition) is 2. The van der Waals surface area contributed by atoms with E-state index < -0.39 is 5.60 Å². The minimum absolute atomic E-state index is 0.261. The fourth-order valence-corrected chi connectivity index (χ4v) is 2.05. The summed E-state index contributed by atoms with van der Waals surface area (Å²) in [6.07, 6.45) is 3.53. The molecule has 0 unspecified atom stereocenters. The highest BCUT2D eigenvalue weighted by Crippen LogP contribution is 2.30. The lowest BCUT2D eigenvalue weighted by atomic mass is 9.80. The molecule has 0 radical (unpaired) electrons. The second-order valence-electron chi connectivity index (χ2n) is 4.94. The molecule has 4 nitrogen and oxygen atoms in total. The second-order valence-corrected chi connectivity index (χ2v) is 4.94. The van der Waals surface area contributed by atoms with Crippen LogP contribution in [0, 0.1) is 0 Å². The summed E-state index contributed by atoms with van der Waals surface area (Å²) in [5.74, 6) is 0. The molecule has 0 saturated heterocycles. The predicted molar refractivity (Wildman–Crippen MR) is 71.6 cm³/mol. The Kier molecular flexibility index (Phi) is 3.87. The summed E-state index contributed by atoms with van der Waals surface area (Å²) in [6, 6.07) is 7.51. The molecular formula is C14H20N2O2. The molecule has 1 aliphatic carbocycles. The van der Waals surface area contributed by atoms with E-state index in [1.807, 2.05) is 24.3 Å². The molecule has 1 aromatic carbocycles. The van der Waals surface area contributed by atoms with Crippen LogP contribution in [-0.4, -0.2) is 23.3 Å². The Bertz CT molecular complexity index is 428. The summed E-state index contributed by atoms with van der Waals surface area (Å²) in [4.78, 5) is 11.7. The van der Waals surface area contributed by atoms with E-state index in [-0.39, 0.29) is 6.03 Å². The molecule has 1 aromatic rings. The minimum atomic E-state index is -0.678. The first-order chi connectivity index (χ1) is 8.61. The number of aliphatic hydroxyl groups is 1. The first kappa shape index (κ1) is 12.9. The summed E-state index contributed by atoms with van der Waals surface area (Å²) in [6.45, 7) is 2.40. The number of carbonyl (C=O) groups is 1. The van der Waals surface area contributed by atoms with E-state index in [1.165, 1.54) is 5.56 Å². The zero-order valence-electron chi connectivity index (χ0n) is 10.7. The Morgan fingerprint density at radius 2 is 2.22 bits per heavy atom. The quantitative estimate of drug-likeness (QED) is 0.765. The smallest absolute Gasteiger partial charge is 0.319 e. The van der Waals surface area contributed by atoms with Gasteiger partial charge in [-0.25, -0.2) is 4.79 Å². The Labute approximate surface area is 107 Å². The number of urea groups is 1. The molecule has 0 heterocycles. The maximum Gasteiger partial charge on any atom is 0.319 e. The topological polar surface area (TPSA) is 61.4 Å². The molecule has 0 bridgehead atoms. The molecule has 18 heavy (non-hydrogen) atoms. The Hall–Kier alpha value is -1.55. The molecule has 0 spiro atoms. The van der Waals surface area contributed by atoms with E-state index in [0.29, 0.717) is 6.54 Å². The van der Waals surface area contributed by atoms with Crippen molar-refractivity contribution in [2.45, 2.75) is 38.2 Å². The molecule has 1 fully saturated rings. The number of amides is 2. The van der Waals surface area contributed by atoms with Crippen LogP contribution >= 0.6 is 0 Å². The largest absolute Gasteiger partial charge is 0.388 e.